The molecule has 4 heteroatoms. The number of hydrogen-bond acceptors (Lipinski definition) is 3. The summed E-state index contributed by atoms with van der Waals surface area (Å²) in [5.74, 6) is 1.04. The molecule has 0 fully saturated rings. The second-order valence-electron chi connectivity index (χ2n) is 4.11. The summed E-state index contributed by atoms with van der Waals surface area (Å²) in [6.45, 7) is 5.26. The quantitative estimate of drug-likeness (QED) is 0.670. The molecule has 2 heterocycles. The lowest BCUT2D eigenvalue weighted by molar-refractivity contribution is 0.703. The lowest BCUT2D eigenvalue weighted by Gasteiger charge is -2.04. The van der Waals surface area contributed by atoms with Crippen molar-refractivity contribution in [3.63, 3.8) is 0 Å². The molecule has 0 N–H and O–H groups in total. The van der Waals surface area contributed by atoms with Gasteiger partial charge in [-0.05, 0) is 30.9 Å². The highest BCUT2D eigenvalue weighted by molar-refractivity contribution is 7.99. The Morgan fingerprint density at radius 1 is 1.22 bits per heavy atom. The van der Waals surface area contributed by atoms with Gasteiger partial charge in [0.25, 0.3) is 0 Å². The summed E-state index contributed by atoms with van der Waals surface area (Å²) in [4.78, 5) is 9.10. The number of aryl methyl sites for hydroxylation is 1. The zero-order valence-corrected chi connectivity index (χ0v) is 11.4. The summed E-state index contributed by atoms with van der Waals surface area (Å²) >= 11 is 1.79. The van der Waals surface area contributed by atoms with Crippen LogP contribution in [0, 0.1) is 0 Å². The van der Waals surface area contributed by atoms with E-state index in [1.54, 1.807) is 11.8 Å². The molecule has 0 atom stereocenters. The second-order valence-corrected chi connectivity index (χ2v) is 5.34. The van der Waals surface area contributed by atoms with E-state index in [1.165, 1.54) is 10.9 Å². The van der Waals surface area contributed by atoms with Gasteiger partial charge in [0.2, 0.25) is 0 Å². The van der Waals surface area contributed by atoms with E-state index >= 15 is 0 Å². The van der Waals surface area contributed by atoms with Crippen LogP contribution in [0.15, 0.2) is 35.6 Å². The standard InChI is InChI=1S/C14H15N3S/c1-3-17-13-8-10-6-5-7-15-11(10)9-12(13)16-14(17)18-4-2/h5-9H,3-4H2,1-2H3. The summed E-state index contributed by atoms with van der Waals surface area (Å²) in [5.41, 5.74) is 3.26. The van der Waals surface area contributed by atoms with Crippen LogP contribution in [0.25, 0.3) is 21.9 Å². The average Bonchev–Trinajstić information content (AvgIpc) is 2.72. The minimum atomic E-state index is 0.949. The number of rotatable bonds is 3. The van der Waals surface area contributed by atoms with E-state index in [0.29, 0.717) is 0 Å². The van der Waals surface area contributed by atoms with Crippen molar-refractivity contribution in [3.8, 4) is 0 Å². The summed E-state index contributed by atoms with van der Waals surface area (Å²) in [7, 11) is 0. The van der Waals surface area contributed by atoms with Crippen LogP contribution in [0.4, 0.5) is 0 Å². The van der Waals surface area contributed by atoms with Crippen LogP contribution < -0.4 is 0 Å². The Morgan fingerprint density at radius 3 is 2.89 bits per heavy atom. The number of thioether (sulfide) groups is 1. The van der Waals surface area contributed by atoms with E-state index < -0.39 is 0 Å². The Hall–Kier alpha value is -1.55. The van der Waals surface area contributed by atoms with Gasteiger partial charge in [0.05, 0.1) is 16.6 Å². The first-order chi connectivity index (χ1) is 8.83. The minimum Gasteiger partial charge on any atom is -0.319 e. The van der Waals surface area contributed by atoms with Crippen molar-refractivity contribution in [2.45, 2.75) is 25.5 Å². The SMILES string of the molecule is CCSc1nc2cc3ncccc3cc2n1CC. The van der Waals surface area contributed by atoms with Gasteiger partial charge in [0.15, 0.2) is 5.16 Å². The first-order valence-corrected chi connectivity index (χ1v) is 7.20. The Kier molecular flexibility index (Phi) is 2.96. The van der Waals surface area contributed by atoms with Crippen LogP contribution in [0.2, 0.25) is 0 Å². The van der Waals surface area contributed by atoms with Gasteiger partial charge in [-0.25, -0.2) is 4.98 Å². The van der Waals surface area contributed by atoms with Crippen molar-refractivity contribution < 1.29 is 0 Å². The van der Waals surface area contributed by atoms with Gasteiger partial charge < -0.3 is 4.57 Å². The molecule has 3 rings (SSSR count). The van der Waals surface area contributed by atoms with Crippen molar-refractivity contribution in [2.24, 2.45) is 0 Å². The highest BCUT2D eigenvalue weighted by atomic mass is 32.2. The number of nitrogens with zero attached hydrogens (tertiary/aromatic N) is 3. The van der Waals surface area contributed by atoms with Crippen LogP contribution in [0.5, 0.6) is 0 Å². The molecule has 0 saturated heterocycles. The third-order valence-electron chi connectivity index (χ3n) is 3.03. The normalized spacial score (nSPS) is 11.4. The topological polar surface area (TPSA) is 30.7 Å². The number of benzene rings is 1. The highest BCUT2D eigenvalue weighted by Crippen LogP contribution is 2.26. The van der Waals surface area contributed by atoms with Crippen LogP contribution in [-0.2, 0) is 6.54 Å². The molecule has 2 aromatic heterocycles. The Bertz CT molecular complexity index is 703. The van der Waals surface area contributed by atoms with Crippen LogP contribution in [0.1, 0.15) is 13.8 Å². The molecule has 0 spiro atoms. The maximum atomic E-state index is 4.71. The molecule has 0 amide bonds. The van der Waals surface area contributed by atoms with Crippen LogP contribution in [0.3, 0.4) is 0 Å². The number of fused-ring (bicyclic) bond motifs is 2. The number of hydrogen-bond donors (Lipinski definition) is 0. The zero-order chi connectivity index (χ0) is 12.5. The molecule has 0 aliphatic carbocycles. The first-order valence-electron chi connectivity index (χ1n) is 6.21. The van der Waals surface area contributed by atoms with Crippen molar-refractivity contribution in [3.05, 3.63) is 30.5 Å². The molecule has 18 heavy (non-hydrogen) atoms. The van der Waals surface area contributed by atoms with Gasteiger partial charge in [0.1, 0.15) is 0 Å². The molecule has 0 saturated carbocycles. The van der Waals surface area contributed by atoms with Gasteiger partial charge >= 0.3 is 0 Å². The molecule has 0 radical (unpaired) electrons. The molecule has 3 nitrogen and oxygen atoms in total. The second kappa shape index (κ2) is 4.61. The van der Waals surface area contributed by atoms with Gasteiger partial charge in [0, 0.05) is 18.1 Å². The summed E-state index contributed by atoms with van der Waals surface area (Å²) in [6, 6.07) is 8.34. The molecule has 0 aliphatic rings. The van der Waals surface area contributed by atoms with Crippen LogP contribution >= 0.6 is 11.8 Å². The monoisotopic (exact) mass is 257 g/mol. The van der Waals surface area contributed by atoms with Crippen molar-refractivity contribution in [1.29, 1.82) is 0 Å². The van der Waals surface area contributed by atoms with Gasteiger partial charge in [-0.15, -0.1) is 0 Å². The zero-order valence-electron chi connectivity index (χ0n) is 10.6. The van der Waals surface area contributed by atoms with E-state index in [0.717, 1.165) is 28.5 Å². The van der Waals surface area contributed by atoms with Gasteiger partial charge in [-0.2, -0.15) is 0 Å². The van der Waals surface area contributed by atoms with Gasteiger partial charge in [-0.1, -0.05) is 24.8 Å². The third kappa shape index (κ3) is 1.77. The molecule has 0 bridgehead atoms. The number of aromatic nitrogens is 3. The maximum Gasteiger partial charge on any atom is 0.169 e. The predicted octanol–water partition coefficient (Wildman–Crippen LogP) is 3.72. The smallest absolute Gasteiger partial charge is 0.169 e. The Balaban J connectivity index is 2.32. The molecule has 92 valence electrons. The predicted molar refractivity (Wildman–Crippen MR) is 77.1 cm³/mol. The van der Waals surface area contributed by atoms with Crippen molar-refractivity contribution >= 4 is 33.7 Å². The van der Waals surface area contributed by atoms with E-state index in [4.69, 9.17) is 4.98 Å². The molecule has 0 unspecified atom stereocenters. The summed E-state index contributed by atoms with van der Waals surface area (Å²) in [5, 5.41) is 2.28. The largest absolute Gasteiger partial charge is 0.319 e. The summed E-state index contributed by atoms with van der Waals surface area (Å²) < 4.78 is 2.27. The molecule has 1 aromatic carbocycles. The Labute approximate surface area is 110 Å². The lowest BCUT2D eigenvalue weighted by Crippen LogP contribution is -1.96. The minimum absolute atomic E-state index is 0.949. The highest BCUT2D eigenvalue weighted by Gasteiger charge is 2.10. The maximum absolute atomic E-state index is 4.71. The summed E-state index contributed by atoms with van der Waals surface area (Å²) in [6.07, 6.45) is 1.83. The fourth-order valence-electron chi connectivity index (χ4n) is 2.21. The van der Waals surface area contributed by atoms with E-state index in [1.807, 2.05) is 12.3 Å². The first kappa shape index (κ1) is 11.5. The molecule has 3 aromatic rings. The van der Waals surface area contributed by atoms with E-state index in [-0.39, 0.29) is 0 Å². The van der Waals surface area contributed by atoms with Crippen molar-refractivity contribution in [2.75, 3.05) is 5.75 Å². The number of pyridine rings is 1. The van der Waals surface area contributed by atoms with E-state index in [2.05, 4.69) is 41.6 Å². The lowest BCUT2D eigenvalue weighted by atomic mass is 10.2. The molecular weight excluding hydrogens is 242 g/mol. The fraction of sp³-hybridized carbons (Fsp3) is 0.286. The van der Waals surface area contributed by atoms with Crippen molar-refractivity contribution in [1.82, 2.24) is 14.5 Å². The molecular formula is C14H15N3S. The van der Waals surface area contributed by atoms with E-state index in [9.17, 15) is 0 Å². The van der Waals surface area contributed by atoms with Gasteiger partial charge in [-0.3, -0.25) is 4.98 Å². The fourth-order valence-corrected chi connectivity index (χ4v) is 3.02. The number of imidazole rings is 1. The third-order valence-corrected chi connectivity index (χ3v) is 3.89. The average molecular weight is 257 g/mol. The molecule has 0 aliphatic heterocycles. The van der Waals surface area contributed by atoms with Crippen LogP contribution in [-0.4, -0.2) is 20.3 Å². The Morgan fingerprint density at radius 2 is 2.11 bits per heavy atom.